The van der Waals surface area contributed by atoms with Crippen molar-refractivity contribution in [1.82, 2.24) is 30.6 Å². The fraction of sp³-hybridized carbons (Fsp3) is 0.333. The van der Waals surface area contributed by atoms with E-state index in [1.54, 1.807) is 36.8 Å². The smallest absolute Gasteiger partial charge is 0.308 e. The summed E-state index contributed by atoms with van der Waals surface area (Å²) in [6, 6.07) is 27.8. The van der Waals surface area contributed by atoms with Crippen molar-refractivity contribution in [2.45, 2.75) is 64.6 Å². The van der Waals surface area contributed by atoms with Gasteiger partial charge in [-0.2, -0.15) is 29.7 Å². The highest BCUT2D eigenvalue weighted by Crippen LogP contribution is 2.33. The number of ketones is 1. The molecule has 0 aromatic carbocycles. The number of rotatable bonds is 8. The van der Waals surface area contributed by atoms with E-state index < -0.39 is 0 Å². The summed E-state index contributed by atoms with van der Waals surface area (Å²) in [5, 5.41) is 23.9. The van der Waals surface area contributed by atoms with Crippen molar-refractivity contribution in [2.75, 3.05) is 19.8 Å². The third-order valence-electron chi connectivity index (χ3n) is 8.22. The molecule has 0 saturated carbocycles. The Kier molecular flexibility index (Phi) is 40.9. The number of aromatic nitrogens is 4. The first kappa shape index (κ1) is 60.1. The summed E-state index contributed by atoms with van der Waals surface area (Å²) in [5.41, 5.74) is 8.19. The molecule has 6 heterocycles. The summed E-state index contributed by atoms with van der Waals surface area (Å²) < 4.78 is 0. The van der Waals surface area contributed by atoms with Crippen LogP contribution in [0.15, 0.2) is 115 Å². The van der Waals surface area contributed by atoms with Crippen LogP contribution in [-0.4, -0.2) is 76.3 Å². The molecule has 4 aromatic heterocycles. The number of hydrogen-bond acceptors (Lipinski definition) is 16. The number of carbonyl (C=O) groups is 2. The van der Waals surface area contributed by atoms with Crippen LogP contribution in [0.3, 0.4) is 0 Å². The second-order valence-corrected chi connectivity index (χ2v) is 12.2. The normalized spacial score (nSPS) is 16.7. The maximum absolute atomic E-state index is 9.94. The van der Waals surface area contributed by atoms with Crippen LogP contribution in [0.25, 0.3) is 4.85 Å². The minimum absolute atomic E-state index is 0. The molecule has 2 aliphatic heterocycles. The quantitative estimate of drug-likeness (QED) is 0.0608. The van der Waals surface area contributed by atoms with Gasteiger partial charge in [-0.1, -0.05) is 57.5 Å². The lowest BCUT2D eigenvalue weighted by Gasteiger charge is -2.16. The molecule has 0 aliphatic carbocycles. The summed E-state index contributed by atoms with van der Waals surface area (Å²) >= 11 is 0. The minimum atomic E-state index is -0.0121. The number of allylic oxidation sites excluding steroid dienone is 1. The molecule has 2 fully saturated rings. The first-order valence-corrected chi connectivity index (χ1v) is 19.1. The number of nitrogens with zero attached hydrogens (tertiary/aromatic N) is 8. The van der Waals surface area contributed by atoms with Crippen LogP contribution in [0.2, 0.25) is 0 Å². The summed E-state index contributed by atoms with van der Waals surface area (Å²) in [6.07, 6.45) is 15.6. The van der Waals surface area contributed by atoms with Gasteiger partial charge in [-0.3, -0.25) is 50.4 Å². The molecule has 18 heteroatoms. The number of pyridine rings is 4. The van der Waals surface area contributed by atoms with Gasteiger partial charge in [0.05, 0.1) is 47.3 Å². The molecule has 17 nitrogen and oxygen atoms in total. The molecule has 0 unspecified atom stereocenters. The molecule has 2 aliphatic rings. The maximum Gasteiger partial charge on any atom is 0.373 e. The van der Waals surface area contributed by atoms with Crippen molar-refractivity contribution in [3.05, 3.63) is 144 Å². The summed E-state index contributed by atoms with van der Waals surface area (Å²) in [7, 11) is 0. The van der Waals surface area contributed by atoms with Crippen LogP contribution < -0.4 is 16.4 Å². The molecule has 0 spiro atoms. The van der Waals surface area contributed by atoms with Gasteiger partial charge >= 0.3 is 12.3 Å². The predicted molar refractivity (Wildman–Crippen MR) is 237 cm³/mol. The lowest BCUT2D eigenvalue weighted by molar-refractivity contribution is -0.193. The summed E-state index contributed by atoms with van der Waals surface area (Å²) in [6.45, 7) is 16.5. The molecule has 63 heavy (non-hydrogen) atoms. The Balaban J connectivity index is -0.000000694. The number of hydrogen-bond donors (Lipinski definition) is 3. The molecule has 2 saturated heterocycles. The van der Waals surface area contributed by atoms with E-state index in [0.717, 1.165) is 43.0 Å². The van der Waals surface area contributed by atoms with Crippen LogP contribution in [0.1, 0.15) is 86.1 Å². The van der Waals surface area contributed by atoms with Gasteiger partial charge in [0.2, 0.25) is 0 Å². The highest BCUT2D eigenvalue weighted by Gasteiger charge is 2.34. The average molecular weight is 880 g/mol. The van der Waals surface area contributed by atoms with Gasteiger partial charge in [-0.25, -0.2) is 6.57 Å². The average Bonchev–Trinajstić information content (AvgIpc) is 4.00. The standard InChI is InChI=1S/C12H15N3.C11H16N2.C8H7N3.C6H5NO.C4H6O.C2H4N2.2CO2.ClH/c1-2-9-7-10(8-13)15-12(9)11-5-3-4-6-14-11;1-2-9-6-8-13-11(9)10-5-3-4-7-12-10;9-4-6-10-7-8-3-1-2-5-11-8;8-5-6-3-1-2-4-7-6;1-3-4(2)5;1-4-2-3;2*2-1-3;/h3-6,9-10,12,15H,2,7H2,1H3;3-5,7,9,11,13H,2,6,8H2,1H3;1-3,5,7H,6H2;1-5H;3H,1H2,2H3;2-3H2;;;1H/t9-,10-,12+;9-,11+;;;;;;;/m11......./s1. The van der Waals surface area contributed by atoms with Crippen LogP contribution in [0, 0.1) is 41.1 Å². The Morgan fingerprint density at radius 1 is 0.857 bits per heavy atom. The number of halogens is 1. The number of nitrogens with one attached hydrogen (secondary N) is 2. The molecule has 0 amide bonds. The van der Waals surface area contributed by atoms with E-state index >= 15 is 0 Å². The van der Waals surface area contributed by atoms with E-state index in [9.17, 15) is 9.59 Å². The molecule has 4 N–H and O–H groups in total. The second-order valence-electron chi connectivity index (χ2n) is 12.2. The summed E-state index contributed by atoms with van der Waals surface area (Å²) in [4.78, 5) is 75.2. The lowest BCUT2D eigenvalue weighted by atomic mass is 9.94. The molecule has 332 valence electrons. The first-order valence-electron chi connectivity index (χ1n) is 19.1. The number of nitriles is 2. The molecule has 4 aromatic rings. The van der Waals surface area contributed by atoms with Gasteiger partial charge in [-0.05, 0) is 92.8 Å². The zero-order valence-corrected chi connectivity index (χ0v) is 36.3. The lowest BCUT2D eigenvalue weighted by Crippen LogP contribution is -2.24. The third-order valence-corrected chi connectivity index (χ3v) is 8.22. The molecular weight excluding hydrogens is 826 g/mol. The monoisotopic (exact) mass is 879 g/mol. The zero-order valence-electron chi connectivity index (χ0n) is 35.5. The molecule has 6 rings (SSSR count). The predicted octanol–water partition coefficient (Wildman–Crippen LogP) is 5.93. The van der Waals surface area contributed by atoms with Crippen LogP contribution in [-0.2, 0) is 24.0 Å². The fourth-order valence-electron chi connectivity index (χ4n) is 5.42. The topological polar surface area (TPSA) is 268 Å². The van der Waals surface area contributed by atoms with Crippen molar-refractivity contribution in [3.63, 3.8) is 0 Å². The Labute approximate surface area is 375 Å². The van der Waals surface area contributed by atoms with E-state index in [1.165, 1.54) is 31.5 Å². The summed E-state index contributed by atoms with van der Waals surface area (Å²) in [5.74, 6) is 1.32. The largest absolute Gasteiger partial charge is 0.373 e. The Morgan fingerprint density at radius 3 is 1.67 bits per heavy atom. The van der Waals surface area contributed by atoms with Crippen LogP contribution >= 0.6 is 12.4 Å². The van der Waals surface area contributed by atoms with Crippen LogP contribution in [0.4, 0.5) is 0 Å². The minimum Gasteiger partial charge on any atom is -0.308 e. The van der Waals surface area contributed by atoms with Gasteiger partial charge in [0.25, 0.3) is 6.67 Å². The van der Waals surface area contributed by atoms with Gasteiger partial charge in [0.1, 0.15) is 12.2 Å². The van der Waals surface area contributed by atoms with E-state index in [1.807, 2.05) is 60.9 Å². The van der Waals surface area contributed by atoms with Crippen molar-refractivity contribution in [2.24, 2.45) is 22.6 Å². The molecule has 0 bridgehead atoms. The fourth-order valence-corrected chi connectivity index (χ4v) is 5.42. The number of nitrogens with two attached hydrogens (primary N) is 1. The van der Waals surface area contributed by atoms with Gasteiger partial charge in [-0.15, -0.1) is 12.4 Å². The third kappa shape index (κ3) is 30.4. The number of carbonyl (C=O) groups excluding carboxylic acids is 6. The highest BCUT2D eigenvalue weighted by atomic mass is 35.5. The van der Waals surface area contributed by atoms with Gasteiger partial charge in [0.15, 0.2) is 12.1 Å². The first-order chi connectivity index (χ1) is 30.1. The highest BCUT2D eigenvalue weighted by molar-refractivity contribution is 5.86. The Hall–Kier alpha value is -7.25. The SMILES string of the molecule is C=CC(C)=O.CC[C@@H]1CCN[C@@H]1c1ccccn1.CC[C@@H]1C[C@H](C#N)N[C@@H]1c1ccccn1.Cl.N#CCN=Cc1ccccn1.O=C=O.O=C=O.O=Cc1ccccn1.[C-]#[N+]CN. The van der Waals surface area contributed by atoms with Gasteiger partial charge < -0.3 is 5.32 Å². The number of aldehydes is 1. The van der Waals surface area contributed by atoms with E-state index in [0.29, 0.717) is 17.7 Å². The Bertz CT molecular complexity index is 1990. The maximum atomic E-state index is 9.94. The Morgan fingerprint density at radius 2 is 1.32 bits per heavy atom. The number of aliphatic imine (C=N–C) groups is 1. The van der Waals surface area contributed by atoms with E-state index in [4.69, 9.17) is 36.3 Å². The molecular formula is C45H54ClN11O6. The molecule has 0 radical (unpaired) electrons. The van der Waals surface area contributed by atoms with E-state index in [2.05, 4.69) is 84.8 Å². The van der Waals surface area contributed by atoms with Crippen LogP contribution in [0.5, 0.6) is 0 Å². The second kappa shape index (κ2) is 42.9. The van der Waals surface area contributed by atoms with Crippen molar-refractivity contribution in [1.29, 1.82) is 10.5 Å². The van der Waals surface area contributed by atoms with E-state index in [-0.39, 0.29) is 55.8 Å². The molecule has 5 atom stereocenters. The van der Waals surface area contributed by atoms with Gasteiger partial charge in [0, 0.05) is 31.0 Å². The van der Waals surface area contributed by atoms with Crippen molar-refractivity contribution in [3.8, 4) is 12.1 Å². The van der Waals surface area contributed by atoms with Crippen molar-refractivity contribution < 1.29 is 28.8 Å². The zero-order chi connectivity index (χ0) is 46.6. The van der Waals surface area contributed by atoms with Crippen molar-refractivity contribution >= 4 is 43.0 Å².